The number of rotatable bonds is 13. The van der Waals surface area contributed by atoms with Crippen molar-refractivity contribution in [1.82, 2.24) is 15.1 Å². The van der Waals surface area contributed by atoms with E-state index in [1.807, 2.05) is 0 Å². The van der Waals surface area contributed by atoms with Crippen LogP contribution in [0, 0.1) is 0 Å². The van der Waals surface area contributed by atoms with Crippen LogP contribution in [0.3, 0.4) is 0 Å². The summed E-state index contributed by atoms with van der Waals surface area (Å²) in [6.07, 6.45) is 0.0359. The Balaban J connectivity index is 2.73. The van der Waals surface area contributed by atoms with Crippen LogP contribution in [0.2, 0.25) is 0 Å². The number of carboxylic acids is 2. The van der Waals surface area contributed by atoms with Gasteiger partial charge in [-0.15, -0.1) is 0 Å². The summed E-state index contributed by atoms with van der Waals surface area (Å²) in [6.45, 7) is 1.26. The minimum absolute atomic E-state index is 0.0359. The van der Waals surface area contributed by atoms with Crippen molar-refractivity contribution >= 4 is 29.8 Å². The number of carbonyl (C=O) groups is 5. The van der Waals surface area contributed by atoms with Crippen molar-refractivity contribution in [2.75, 3.05) is 52.4 Å². The molecule has 1 atom stereocenters. The summed E-state index contributed by atoms with van der Waals surface area (Å²) in [5.41, 5.74) is 0. The van der Waals surface area contributed by atoms with Crippen LogP contribution in [0.25, 0.3) is 0 Å². The molecule has 12 nitrogen and oxygen atoms in total. The maximum atomic E-state index is 11.8. The van der Waals surface area contributed by atoms with Gasteiger partial charge in [0.2, 0.25) is 0 Å². The number of morpholine rings is 1. The van der Waals surface area contributed by atoms with E-state index in [1.54, 1.807) is 6.92 Å². The average Bonchev–Trinajstić information content (AvgIpc) is 2.57. The van der Waals surface area contributed by atoms with Crippen molar-refractivity contribution in [1.29, 1.82) is 0 Å². The predicted molar refractivity (Wildman–Crippen MR) is 92.3 cm³/mol. The lowest BCUT2D eigenvalue weighted by atomic mass is 10.1. The van der Waals surface area contributed by atoms with Crippen molar-refractivity contribution in [2.24, 2.45) is 0 Å². The molecular weight excluding hydrogens is 378 g/mol. The third kappa shape index (κ3) is 8.88. The number of carboxylic acid groups (broad SMARTS) is 2. The molecule has 28 heavy (non-hydrogen) atoms. The quantitative estimate of drug-likeness (QED) is 0.172. The van der Waals surface area contributed by atoms with Gasteiger partial charge in [-0.3, -0.25) is 33.8 Å². The summed E-state index contributed by atoms with van der Waals surface area (Å²) < 4.78 is 9.28. The topological polar surface area (TPSA) is 163 Å². The zero-order chi connectivity index (χ0) is 21.1. The van der Waals surface area contributed by atoms with E-state index >= 15 is 0 Å². The van der Waals surface area contributed by atoms with E-state index in [0.717, 1.165) is 0 Å². The summed E-state index contributed by atoms with van der Waals surface area (Å²) in [5.74, 6) is -4.26. The van der Waals surface area contributed by atoms with Gasteiger partial charge in [0.15, 0.2) is 0 Å². The smallest absolute Gasteiger partial charge is 0.327 e. The Hall–Kier alpha value is -2.57. The van der Waals surface area contributed by atoms with Crippen LogP contribution in [0.15, 0.2) is 0 Å². The Morgan fingerprint density at radius 1 is 1.25 bits per heavy atom. The van der Waals surface area contributed by atoms with Gasteiger partial charge in [-0.25, -0.2) is 0 Å². The molecule has 0 aromatic heterocycles. The van der Waals surface area contributed by atoms with Crippen LogP contribution < -0.4 is 5.32 Å². The van der Waals surface area contributed by atoms with Gasteiger partial charge in [0, 0.05) is 19.6 Å². The Labute approximate surface area is 161 Å². The van der Waals surface area contributed by atoms with Crippen molar-refractivity contribution < 1.29 is 43.7 Å². The second-order valence-corrected chi connectivity index (χ2v) is 6.05. The van der Waals surface area contributed by atoms with E-state index in [1.165, 1.54) is 9.80 Å². The Kier molecular flexibility index (Phi) is 10.1. The lowest BCUT2D eigenvalue weighted by Crippen LogP contribution is -2.50. The number of aliphatic carboxylic acids is 2. The predicted octanol–water partition coefficient (Wildman–Crippen LogP) is -2.25. The lowest BCUT2D eigenvalue weighted by Gasteiger charge is -2.30. The van der Waals surface area contributed by atoms with E-state index in [9.17, 15) is 29.1 Å². The zero-order valence-electron chi connectivity index (χ0n) is 15.6. The summed E-state index contributed by atoms with van der Waals surface area (Å²) >= 11 is 0. The third-order valence-electron chi connectivity index (χ3n) is 3.87. The Bertz CT molecular complexity index is 580. The first-order valence-corrected chi connectivity index (χ1v) is 8.73. The van der Waals surface area contributed by atoms with Gasteiger partial charge in [0.1, 0.15) is 6.04 Å². The SMILES string of the molecule is CCOC(=O)CN(CCNCC(=O)O)C(CCN1CC(=O)OC(=O)C1)C(=O)O. The van der Waals surface area contributed by atoms with E-state index in [-0.39, 0.29) is 58.8 Å². The zero-order valence-corrected chi connectivity index (χ0v) is 15.6. The molecule has 12 heteroatoms. The Morgan fingerprint density at radius 2 is 1.89 bits per heavy atom. The monoisotopic (exact) mass is 403 g/mol. The fraction of sp³-hybridized carbons (Fsp3) is 0.688. The van der Waals surface area contributed by atoms with Crippen LogP contribution >= 0.6 is 0 Å². The summed E-state index contributed by atoms with van der Waals surface area (Å²) in [5, 5.41) is 20.9. The largest absolute Gasteiger partial charge is 0.480 e. The highest BCUT2D eigenvalue weighted by atomic mass is 16.6. The third-order valence-corrected chi connectivity index (χ3v) is 3.87. The molecular formula is C16H25N3O9. The first-order chi connectivity index (χ1) is 13.2. The van der Waals surface area contributed by atoms with E-state index in [4.69, 9.17) is 9.84 Å². The van der Waals surface area contributed by atoms with Crippen molar-refractivity contribution in [2.45, 2.75) is 19.4 Å². The van der Waals surface area contributed by atoms with E-state index < -0.39 is 35.9 Å². The number of cyclic esters (lactones) is 2. The molecule has 0 amide bonds. The number of hydrogen-bond acceptors (Lipinski definition) is 10. The lowest BCUT2D eigenvalue weighted by molar-refractivity contribution is -0.166. The van der Waals surface area contributed by atoms with Gasteiger partial charge >= 0.3 is 29.8 Å². The van der Waals surface area contributed by atoms with Crippen LogP contribution in [-0.2, 0) is 33.4 Å². The van der Waals surface area contributed by atoms with Crippen LogP contribution in [0.1, 0.15) is 13.3 Å². The van der Waals surface area contributed by atoms with E-state index in [0.29, 0.717) is 0 Å². The molecule has 1 aliphatic rings. The van der Waals surface area contributed by atoms with Crippen molar-refractivity contribution in [3.63, 3.8) is 0 Å². The number of carbonyl (C=O) groups excluding carboxylic acids is 3. The van der Waals surface area contributed by atoms with Gasteiger partial charge < -0.3 is 25.0 Å². The Morgan fingerprint density at radius 3 is 2.43 bits per heavy atom. The minimum atomic E-state index is -1.19. The van der Waals surface area contributed by atoms with E-state index in [2.05, 4.69) is 10.1 Å². The highest BCUT2D eigenvalue weighted by Gasteiger charge is 2.30. The highest BCUT2D eigenvalue weighted by Crippen LogP contribution is 2.09. The average molecular weight is 403 g/mol. The van der Waals surface area contributed by atoms with Crippen LogP contribution in [0.4, 0.5) is 0 Å². The molecule has 0 saturated carbocycles. The van der Waals surface area contributed by atoms with Crippen LogP contribution in [0.5, 0.6) is 0 Å². The standard InChI is InChI=1S/C16H25N3O9/c1-2-27-13(22)10-19(6-4-17-7-12(20)21)11(16(25)26)3-5-18-8-14(23)28-15(24)9-18/h11,17H,2-10H2,1H3,(H,20,21)(H,25,26). The van der Waals surface area contributed by atoms with Gasteiger partial charge in [-0.05, 0) is 13.3 Å². The molecule has 1 fully saturated rings. The molecule has 0 aliphatic carbocycles. The number of nitrogens with zero attached hydrogens (tertiary/aromatic N) is 2. The van der Waals surface area contributed by atoms with Crippen molar-refractivity contribution in [3.05, 3.63) is 0 Å². The number of nitrogens with one attached hydrogen (secondary N) is 1. The maximum absolute atomic E-state index is 11.8. The molecule has 0 aromatic rings. The highest BCUT2D eigenvalue weighted by molar-refractivity contribution is 5.90. The molecule has 0 aromatic carbocycles. The van der Waals surface area contributed by atoms with Gasteiger partial charge in [0.05, 0.1) is 32.8 Å². The normalized spacial score (nSPS) is 15.9. The van der Waals surface area contributed by atoms with Gasteiger partial charge in [-0.2, -0.15) is 0 Å². The molecule has 1 aliphatic heterocycles. The molecule has 1 heterocycles. The first-order valence-electron chi connectivity index (χ1n) is 8.73. The number of ether oxygens (including phenoxy) is 2. The van der Waals surface area contributed by atoms with Gasteiger partial charge in [-0.1, -0.05) is 0 Å². The molecule has 1 rings (SSSR count). The molecule has 0 bridgehead atoms. The van der Waals surface area contributed by atoms with Crippen molar-refractivity contribution in [3.8, 4) is 0 Å². The second-order valence-electron chi connectivity index (χ2n) is 6.05. The minimum Gasteiger partial charge on any atom is -0.480 e. The molecule has 0 spiro atoms. The first kappa shape index (κ1) is 23.5. The van der Waals surface area contributed by atoms with Crippen LogP contribution in [-0.4, -0.2) is 108 Å². The molecule has 158 valence electrons. The molecule has 3 N–H and O–H groups in total. The summed E-state index contributed by atoms with van der Waals surface area (Å²) in [7, 11) is 0. The fourth-order valence-corrected chi connectivity index (χ4v) is 2.67. The molecule has 0 radical (unpaired) electrons. The van der Waals surface area contributed by atoms with Gasteiger partial charge in [0.25, 0.3) is 0 Å². The second kappa shape index (κ2) is 12.0. The molecule has 1 saturated heterocycles. The summed E-state index contributed by atoms with van der Waals surface area (Å²) in [6, 6.07) is -1.09. The maximum Gasteiger partial charge on any atom is 0.327 e. The molecule has 1 unspecified atom stereocenters. The number of hydrogen-bond donors (Lipinski definition) is 3. The summed E-state index contributed by atoms with van der Waals surface area (Å²) in [4.78, 5) is 59.6. The number of esters is 3. The fourth-order valence-electron chi connectivity index (χ4n) is 2.67.